The van der Waals surface area contributed by atoms with Gasteiger partial charge in [-0.3, -0.25) is 19.7 Å². The minimum atomic E-state index is -1.16. The first-order valence-electron chi connectivity index (χ1n) is 5.87. The van der Waals surface area contributed by atoms with Crippen molar-refractivity contribution in [3.05, 3.63) is 10.1 Å². The van der Waals surface area contributed by atoms with Crippen molar-refractivity contribution in [2.24, 2.45) is 0 Å². The third-order valence-electron chi connectivity index (χ3n) is 2.58. The van der Waals surface area contributed by atoms with Crippen LogP contribution in [0.4, 0.5) is 0 Å². The third-order valence-corrected chi connectivity index (χ3v) is 2.58. The third kappa shape index (κ3) is 6.66. The summed E-state index contributed by atoms with van der Waals surface area (Å²) in [6.45, 7) is 1.19. The van der Waals surface area contributed by atoms with Gasteiger partial charge in [-0.25, -0.2) is 4.79 Å². The minimum absolute atomic E-state index is 0.0905. The number of methoxy groups -OCH3 is 2. The quantitative estimate of drug-likeness (QED) is 0.368. The molecule has 0 aromatic carbocycles. The number of hydrogen-bond acceptors (Lipinski definition) is 7. The minimum Gasteiger partial charge on any atom is -0.469 e. The number of carbonyl (C=O) groups is 3. The number of ether oxygens (including phenoxy) is 2. The number of nitro groups is 1. The smallest absolute Gasteiger partial charge is 0.328 e. The maximum atomic E-state index is 11.4. The second kappa shape index (κ2) is 8.83. The van der Waals surface area contributed by atoms with E-state index in [1.54, 1.807) is 0 Å². The Labute approximate surface area is 115 Å². The molecular weight excluding hydrogens is 272 g/mol. The summed E-state index contributed by atoms with van der Waals surface area (Å²) in [5.74, 6) is -1.86. The van der Waals surface area contributed by atoms with Gasteiger partial charge in [-0.15, -0.1) is 0 Å². The molecule has 0 aromatic heterocycles. The Hall–Kier alpha value is -2.19. The van der Waals surface area contributed by atoms with Gasteiger partial charge in [0.25, 0.3) is 0 Å². The first-order chi connectivity index (χ1) is 9.31. The molecular formula is C11H18N2O7. The predicted octanol–water partition coefficient (Wildman–Crippen LogP) is -0.347. The van der Waals surface area contributed by atoms with E-state index < -0.39 is 34.9 Å². The van der Waals surface area contributed by atoms with Crippen LogP contribution < -0.4 is 5.32 Å². The zero-order chi connectivity index (χ0) is 15.7. The van der Waals surface area contributed by atoms with Gasteiger partial charge in [-0.05, 0) is 0 Å². The van der Waals surface area contributed by atoms with Gasteiger partial charge in [0.05, 0.1) is 20.6 Å². The summed E-state index contributed by atoms with van der Waals surface area (Å²) in [5.41, 5.74) is 0. The van der Waals surface area contributed by atoms with E-state index in [1.165, 1.54) is 14.0 Å². The summed E-state index contributed by atoms with van der Waals surface area (Å²) >= 11 is 0. The van der Waals surface area contributed by atoms with Crippen LogP contribution >= 0.6 is 0 Å². The Morgan fingerprint density at radius 1 is 1.25 bits per heavy atom. The summed E-state index contributed by atoms with van der Waals surface area (Å²) in [6.07, 6.45) is -0.487. The fraction of sp³-hybridized carbons (Fsp3) is 0.727. The fourth-order valence-corrected chi connectivity index (χ4v) is 1.57. The van der Waals surface area contributed by atoms with Crippen LogP contribution in [-0.4, -0.2) is 49.1 Å². The molecule has 0 rings (SSSR count). The first kappa shape index (κ1) is 17.8. The van der Waals surface area contributed by atoms with E-state index in [-0.39, 0.29) is 19.3 Å². The summed E-state index contributed by atoms with van der Waals surface area (Å²) in [4.78, 5) is 43.7. The number of hydrogen-bond donors (Lipinski definition) is 1. The molecule has 114 valence electrons. The number of nitrogens with one attached hydrogen (secondary N) is 1. The second-order valence-electron chi connectivity index (χ2n) is 4.07. The molecule has 0 heterocycles. The van der Waals surface area contributed by atoms with Crippen molar-refractivity contribution in [3.8, 4) is 0 Å². The van der Waals surface area contributed by atoms with Gasteiger partial charge in [-0.2, -0.15) is 0 Å². The van der Waals surface area contributed by atoms with Crippen molar-refractivity contribution in [2.45, 2.75) is 38.3 Å². The number of amides is 1. The Balaban J connectivity index is 4.72. The number of nitrogens with zero attached hydrogens (tertiary/aromatic N) is 1. The lowest BCUT2D eigenvalue weighted by atomic mass is 10.0. The van der Waals surface area contributed by atoms with Gasteiger partial charge in [0, 0.05) is 24.7 Å². The van der Waals surface area contributed by atoms with Crippen LogP contribution in [0.15, 0.2) is 0 Å². The molecule has 0 aliphatic rings. The molecule has 0 aromatic rings. The normalized spacial score (nSPS) is 12.9. The summed E-state index contributed by atoms with van der Waals surface area (Å²) in [5, 5.41) is 13.2. The van der Waals surface area contributed by atoms with Gasteiger partial charge in [-0.1, -0.05) is 0 Å². The lowest BCUT2D eigenvalue weighted by molar-refractivity contribution is -0.524. The zero-order valence-electron chi connectivity index (χ0n) is 11.6. The maximum absolute atomic E-state index is 11.4. The summed E-state index contributed by atoms with van der Waals surface area (Å²) < 4.78 is 8.87. The highest BCUT2D eigenvalue weighted by atomic mass is 16.6. The first-order valence-corrected chi connectivity index (χ1v) is 5.87. The van der Waals surface area contributed by atoms with Crippen molar-refractivity contribution in [2.75, 3.05) is 14.2 Å². The van der Waals surface area contributed by atoms with Crippen LogP contribution in [0.25, 0.3) is 0 Å². The standard InChI is InChI=1S/C11H18N2O7/c1-7(14)12-9(11(16)20-3)6-8(13(17)18)4-5-10(15)19-2/h8-9H,4-6H2,1-3H3,(H,12,14). The zero-order valence-corrected chi connectivity index (χ0v) is 11.6. The van der Waals surface area contributed by atoms with Crippen molar-refractivity contribution < 1.29 is 28.8 Å². The summed E-state index contributed by atoms with van der Waals surface area (Å²) in [6, 6.07) is -2.28. The molecule has 0 fully saturated rings. The number of rotatable bonds is 8. The van der Waals surface area contributed by atoms with Gasteiger partial charge in [0.15, 0.2) is 0 Å². The molecule has 20 heavy (non-hydrogen) atoms. The molecule has 0 spiro atoms. The lowest BCUT2D eigenvalue weighted by Crippen LogP contribution is -2.44. The molecule has 0 saturated carbocycles. The fourth-order valence-electron chi connectivity index (χ4n) is 1.57. The van der Waals surface area contributed by atoms with E-state index in [9.17, 15) is 24.5 Å². The number of esters is 2. The average Bonchev–Trinajstić information content (AvgIpc) is 2.39. The van der Waals surface area contributed by atoms with Gasteiger partial charge in [0.1, 0.15) is 6.04 Å². The lowest BCUT2D eigenvalue weighted by Gasteiger charge is -2.17. The van der Waals surface area contributed by atoms with E-state index in [1.807, 2.05) is 0 Å². The van der Waals surface area contributed by atoms with Crippen LogP contribution in [0.2, 0.25) is 0 Å². The predicted molar refractivity (Wildman–Crippen MR) is 66.3 cm³/mol. The Bertz CT molecular complexity index is 383. The molecule has 2 atom stereocenters. The van der Waals surface area contributed by atoms with Crippen LogP contribution in [-0.2, 0) is 23.9 Å². The average molecular weight is 290 g/mol. The van der Waals surface area contributed by atoms with Crippen LogP contribution in [0.5, 0.6) is 0 Å². The maximum Gasteiger partial charge on any atom is 0.328 e. The molecule has 0 radical (unpaired) electrons. The Morgan fingerprint density at radius 2 is 1.85 bits per heavy atom. The van der Waals surface area contributed by atoms with Crippen molar-refractivity contribution in [1.82, 2.24) is 5.32 Å². The molecule has 0 bridgehead atoms. The van der Waals surface area contributed by atoms with Crippen molar-refractivity contribution >= 4 is 17.8 Å². The topological polar surface area (TPSA) is 125 Å². The van der Waals surface area contributed by atoms with E-state index in [0.717, 1.165) is 7.11 Å². The Morgan fingerprint density at radius 3 is 2.25 bits per heavy atom. The van der Waals surface area contributed by atoms with E-state index >= 15 is 0 Å². The molecule has 0 saturated heterocycles. The SMILES string of the molecule is COC(=O)CCC(CC(NC(C)=O)C(=O)OC)[N+](=O)[O-]. The molecule has 1 amide bonds. The van der Waals surface area contributed by atoms with Gasteiger partial charge >= 0.3 is 11.9 Å². The highest BCUT2D eigenvalue weighted by Gasteiger charge is 2.31. The van der Waals surface area contributed by atoms with Gasteiger partial charge < -0.3 is 14.8 Å². The van der Waals surface area contributed by atoms with Crippen molar-refractivity contribution in [1.29, 1.82) is 0 Å². The monoisotopic (exact) mass is 290 g/mol. The molecule has 9 nitrogen and oxygen atoms in total. The molecule has 9 heteroatoms. The van der Waals surface area contributed by atoms with E-state index in [2.05, 4.69) is 14.8 Å². The van der Waals surface area contributed by atoms with Gasteiger partial charge in [0.2, 0.25) is 11.9 Å². The molecule has 0 aliphatic carbocycles. The highest BCUT2D eigenvalue weighted by Crippen LogP contribution is 2.11. The van der Waals surface area contributed by atoms with E-state index in [4.69, 9.17) is 0 Å². The highest BCUT2D eigenvalue weighted by molar-refractivity contribution is 5.83. The molecule has 0 aliphatic heterocycles. The van der Waals surface area contributed by atoms with Crippen LogP contribution in [0.1, 0.15) is 26.2 Å². The molecule has 1 N–H and O–H groups in total. The van der Waals surface area contributed by atoms with Crippen LogP contribution in [0, 0.1) is 10.1 Å². The number of carbonyl (C=O) groups excluding carboxylic acids is 3. The second-order valence-corrected chi connectivity index (χ2v) is 4.07. The van der Waals surface area contributed by atoms with Crippen molar-refractivity contribution in [3.63, 3.8) is 0 Å². The van der Waals surface area contributed by atoms with E-state index in [0.29, 0.717) is 0 Å². The molecule has 2 unspecified atom stereocenters. The van der Waals surface area contributed by atoms with Crippen LogP contribution in [0.3, 0.4) is 0 Å². The Kier molecular flexibility index (Phi) is 7.87. The summed E-state index contributed by atoms with van der Waals surface area (Å²) in [7, 11) is 2.30. The largest absolute Gasteiger partial charge is 0.469 e.